The minimum atomic E-state index is 0.488. The van der Waals surface area contributed by atoms with Gasteiger partial charge in [-0.1, -0.05) is 12.1 Å². The highest BCUT2D eigenvalue weighted by molar-refractivity contribution is 14.1. The Hall–Kier alpha value is -0.380. The third-order valence-electron chi connectivity index (χ3n) is 2.68. The molecule has 0 saturated heterocycles. The Kier molecular flexibility index (Phi) is 6.72. The van der Waals surface area contributed by atoms with Crippen LogP contribution in [0.5, 0.6) is 0 Å². The van der Waals surface area contributed by atoms with Crippen molar-refractivity contribution in [1.29, 1.82) is 0 Å². The average molecular weight is 480 g/mol. The van der Waals surface area contributed by atoms with Gasteiger partial charge < -0.3 is 10.1 Å². The van der Waals surface area contributed by atoms with E-state index in [-0.39, 0.29) is 0 Å². The van der Waals surface area contributed by atoms with Gasteiger partial charge in [-0.05, 0) is 50.7 Å². The molecule has 21 heavy (non-hydrogen) atoms. The number of ether oxygens (including phenoxy) is 1. The standard InChI is InChI=1S/C14H15BrIN3OS/c1-17-14-13(16)10(7-20-2)18-12(19-14)8-21-11-6-4-3-5-9(11)15/h3-6H,7-8H2,1-2H3,(H,17,18,19). The molecule has 1 N–H and O–H groups in total. The molecule has 2 aromatic rings. The maximum Gasteiger partial charge on any atom is 0.143 e. The van der Waals surface area contributed by atoms with Gasteiger partial charge >= 0.3 is 0 Å². The van der Waals surface area contributed by atoms with E-state index in [1.807, 2.05) is 25.2 Å². The zero-order valence-corrected chi connectivity index (χ0v) is 16.3. The van der Waals surface area contributed by atoms with Crippen molar-refractivity contribution in [3.63, 3.8) is 0 Å². The summed E-state index contributed by atoms with van der Waals surface area (Å²) in [5.74, 6) is 2.36. The minimum absolute atomic E-state index is 0.488. The molecule has 0 radical (unpaired) electrons. The maximum atomic E-state index is 5.21. The van der Waals surface area contributed by atoms with E-state index in [0.29, 0.717) is 12.4 Å². The molecule has 0 aliphatic heterocycles. The van der Waals surface area contributed by atoms with Crippen LogP contribution in [-0.4, -0.2) is 24.1 Å². The zero-order chi connectivity index (χ0) is 15.2. The summed E-state index contributed by atoms with van der Waals surface area (Å²) in [7, 11) is 3.54. The molecule has 4 nitrogen and oxygen atoms in total. The van der Waals surface area contributed by atoms with Crippen molar-refractivity contribution >= 4 is 56.1 Å². The van der Waals surface area contributed by atoms with Crippen molar-refractivity contribution < 1.29 is 4.74 Å². The Balaban J connectivity index is 2.20. The first-order valence-electron chi connectivity index (χ1n) is 6.25. The summed E-state index contributed by atoms with van der Waals surface area (Å²) in [5, 5.41) is 3.11. The highest BCUT2D eigenvalue weighted by atomic mass is 127. The van der Waals surface area contributed by atoms with Gasteiger partial charge in [0, 0.05) is 23.5 Å². The fraction of sp³-hybridized carbons (Fsp3) is 0.286. The van der Waals surface area contributed by atoms with Gasteiger partial charge in [0.15, 0.2) is 0 Å². The van der Waals surface area contributed by atoms with Crippen molar-refractivity contribution in [2.75, 3.05) is 19.5 Å². The number of benzene rings is 1. The van der Waals surface area contributed by atoms with E-state index in [0.717, 1.165) is 25.4 Å². The summed E-state index contributed by atoms with van der Waals surface area (Å²) < 4.78 is 7.30. The molecule has 0 saturated carbocycles. The second-order valence-electron chi connectivity index (χ2n) is 4.15. The molecule has 7 heteroatoms. The Morgan fingerprint density at radius 1 is 1.33 bits per heavy atom. The lowest BCUT2D eigenvalue weighted by molar-refractivity contribution is 0.180. The summed E-state index contributed by atoms with van der Waals surface area (Å²) in [4.78, 5) is 10.3. The predicted octanol–water partition coefficient (Wildman–Crippen LogP) is 4.32. The van der Waals surface area contributed by atoms with Gasteiger partial charge in [0.1, 0.15) is 11.6 Å². The van der Waals surface area contributed by atoms with E-state index in [1.54, 1.807) is 18.9 Å². The van der Waals surface area contributed by atoms with E-state index in [1.165, 1.54) is 4.90 Å². The first kappa shape index (κ1) is 17.0. The molecule has 0 aliphatic rings. The molecule has 112 valence electrons. The number of anilines is 1. The van der Waals surface area contributed by atoms with Gasteiger partial charge in [-0.15, -0.1) is 11.8 Å². The Morgan fingerprint density at radius 2 is 2.10 bits per heavy atom. The zero-order valence-electron chi connectivity index (χ0n) is 11.7. The van der Waals surface area contributed by atoms with Crippen LogP contribution in [0, 0.1) is 3.57 Å². The first-order chi connectivity index (χ1) is 10.2. The lowest BCUT2D eigenvalue weighted by Crippen LogP contribution is -2.07. The van der Waals surface area contributed by atoms with E-state index in [2.05, 4.69) is 59.9 Å². The van der Waals surface area contributed by atoms with Gasteiger partial charge in [-0.2, -0.15) is 0 Å². The molecule has 1 heterocycles. The van der Waals surface area contributed by atoms with E-state index in [9.17, 15) is 0 Å². The summed E-state index contributed by atoms with van der Waals surface area (Å²) >= 11 is 7.51. The van der Waals surface area contributed by atoms with Gasteiger partial charge in [0.05, 0.1) is 21.6 Å². The number of methoxy groups -OCH3 is 1. The number of hydrogen-bond donors (Lipinski definition) is 1. The normalized spacial score (nSPS) is 10.7. The Morgan fingerprint density at radius 3 is 2.76 bits per heavy atom. The Labute approximate surface area is 150 Å². The van der Waals surface area contributed by atoms with Crippen LogP contribution in [0.2, 0.25) is 0 Å². The van der Waals surface area contributed by atoms with Crippen LogP contribution in [0.4, 0.5) is 5.82 Å². The van der Waals surface area contributed by atoms with Crippen LogP contribution in [0.3, 0.4) is 0 Å². The van der Waals surface area contributed by atoms with Crippen LogP contribution in [0.1, 0.15) is 11.5 Å². The molecule has 2 rings (SSSR count). The molecule has 0 bridgehead atoms. The van der Waals surface area contributed by atoms with Crippen LogP contribution in [0.25, 0.3) is 0 Å². The fourth-order valence-corrected chi connectivity index (χ4v) is 3.80. The number of hydrogen-bond acceptors (Lipinski definition) is 5. The molecule has 0 unspecified atom stereocenters. The van der Waals surface area contributed by atoms with Gasteiger partial charge in [-0.25, -0.2) is 9.97 Å². The van der Waals surface area contributed by atoms with E-state index in [4.69, 9.17) is 4.74 Å². The molecule has 0 aliphatic carbocycles. The lowest BCUT2D eigenvalue weighted by Gasteiger charge is -2.11. The highest BCUT2D eigenvalue weighted by Gasteiger charge is 2.12. The summed E-state index contributed by atoms with van der Waals surface area (Å²) in [5.41, 5.74) is 0.917. The molecule has 1 aromatic carbocycles. The molecule has 0 spiro atoms. The Bertz CT molecular complexity index is 627. The third-order valence-corrected chi connectivity index (χ3v) is 5.83. The number of nitrogens with one attached hydrogen (secondary N) is 1. The summed E-state index contributed by atoms with van der Waals surface area (Å²) in [6.45, 7) is 0.488. The topological polar surface area (TPSA) is 47.0 Å². The quantitative estimate of drug-likeness (QED) is 0.493. The SMILES string of the molecule is CNc1nc(CSc2ccccc2Br)nc(COC)c1I. The number of aromatic nitrogens is 2. The van der Waals surface area contributed by atoms with Gasteiger partial charge in [0.2, 0.25) is 0 Å². The average Bonchev–Trinajstić information content (AvgIpc) is 2.49. The van der Waals surface area contributed by atoms with Crippen molar-refractivity contribution in [1.82, 2.24) is 9.97 Å². The van der Waals surface area contributed by atoms with Gasteiger partial charge in [-0.3, -0.25) is 0 Å². The van der Waals surface area contributed by atoms with Crippen LogP contribution < -0.4 is 5.32 Å². The molecule has 0 atom stereocenters. The molecule has 0 amide bonds. The molecular weight excluding hydrogens is 465 g/mol. The third kappa shape index (κ3) is 4.54. The number of thioether (sulfide) groups is 1. The number of rotatable bonds is 6. The number of halogens is 2. The summed E-state index contributed by atoms with van der Waals surface area (Å²) in [6.07, 6.45) is 0. The van der Waals surface area contributed by atoms with Crippen LogP contribution >= 0.6 is 50.3 Å². The fourth-order valence-electron chi connectivity index (χ4n) is 1.71. The van der Waals surface area contributed by atoms with Crippen LogP contribution in [0.15, 0.2) is 33.6 Å². The highest BCUT2D eigenvalue weighted by Crippen LogP contribution is 2.30. The van der Waals surface area contributed by atoms with Crippen molar-refractivity contribution in [2.24, 2.45) is 0 Å². The van der Waals surface area contributed by atoms with Gasteiger partial charge in [0.25, 0.3) is 0 Å². The summed E-state index contributed by atoms with van der Waals surface area (Å²) in [6, 6.07) is 8.14. The lowest BCUT2D eigenvalue weighted by atomic mass is 10.4. The van der Waals surface area contributed by atoms with E-state index < -0.39 is 0 Å². The predicted molar refractivity (Wildman–Crippen MR) is 98.7 cm³/mol. The van der Waals surface area contributed by atoms with Crippen molar-refractivity contribution in [3.05, 3.63) is 43.8 Å². The van der Waals surface area contributed by atoms with Crippen LogP contribution in [-0.2, 0) is 17.1 Å². The smallest absolute Gasteiger partial charge is 0.143 e. The monoisotopic (exact) mass is 479 g/mol. The first-order valence-corrected chi connectivity index (χ1v) is 9.10. The number of nitrogens with zero attached hydrogens (tertiary/aromatic N) is 2. The molecular formula is C14H15BrIN3OS. The second-order valence-corrected chi connectivity index (χ2v) is 7.10. The largest absolute Gasteiger partial charge is 0.378 e. The second kappa shape index (κ2) is 8.30. The molecule has 0 fully saturated rings. The van der Waals surface area contributed by atoms with E-state index >= 15 is 0 Å². The maximum absolute atomic E-state index is 5.21. The molecule has 1 aromatic heterocycles. The van der Waals surface area contributed by atoms with Crippen molar-refractivity contribution in [3.8, 4) is 0 Å². The van der Waals surface area contributed by atoms with Crippen molar-refractivity contribution in [2.45, 2.75) is 17.3 Å². The minimum Gasteiger partial charge on any atom is -0.378 e.